The van der Waals surface area contributed by atoms with Gasteiger partial charge in [-0.2, -0.15) is 22.7 Å². The largest absolute Gasteiger partial charge is 0.347 e. The Morgan fingerprint density at radius 2 is 1.00 bits per heavy atom. The van der Waals surface area contributed by atoms with Crippen LogP contribution in [0.5, 0.6) is 0 Å². The Balaban J connectivity index is 0.000000220. The van der Waals surface area contributed by atoms with Crippen LogP contribution in [0.2, 0.25) is 0 Å². The third kappa shape index (κ3) is 9.62. The zero-order valence-corrected chi connectivity index (χ0v) is 13.9. The Morgan fingerprint density at radius 3 is 1.27 bits per heavy atom. The van der Waals surface area contributed by atoms with E-state index >= 15 is 0 Å². The predicted octanol–water partition coefficient (Wildman–Crippen LogP) is 2.51. The first-order valence-electron chi connectivity index (χ1n) is 6.63. The molecule has 0 saturated heterocycles. The second-order valence-corrected chi connectivity index (χ2v) is 6.50. The molecule has 22 heavy (non-hydrogen) atoms. The van der Waals surface area contributed by atoms with E-state index in [-0.39, 0.29) is 10.3 Å². The van der Waals surface area contributed by atoms with Crippen LogP contribution in [-0.4, -0.2) is 20.6 Å². The molecule has 0 radical (unpaired) electrons. The molecule has 0 saturated carbocycles. The Kier molecular flexibility index (Phi) is 9.65. The Morgan fingerprint density at radius 1 is 0.682 bits per heavy atom. The first-order chi connectivity index (χ1) is 10.6. The molecule has 0 bridgehead atoms. The van der Waals surface area contributed by atoms with Crippen LogP contribution < -0.4 is 11.5 Å². The van der Waals surface area contributed by atoms with Crippen molar-refractivity contribution >= 4 is 33.1 Å². The lowest BCUT2D eigenvalue weighted by Gasteiger charge is -1.94. The van der Waals surface area contributed by atoms with Gasteiger partial charge >= 0.3 is 0 Å². The maximum Gasteiger partial charge on any atom is 0.137 e. The van der Waals surface area contributed by atoms with Crippen molar-refractivity contribution < 1.29 is 10.2 Å². The van der Waals surface area contributed by atoms with Gasteiger partial charge < -0.3 is 10.2 Å². The van der Waals surface area contributed by atoms with E-state index in [9.17, 15) is 0 Å². The van der Waals surface area contributed by atoms with Crippen LogP contribution in [0.15, 0.2) is 60.7 Å². The highest BCUT2D eigenvalue weighted by molar-refractivity contribution is 7.97. The summed E-state index contributed by atoms with van der Waals surface area (Å²) in [5.74, 6) is 1.56. The molecule has 120 valence electrons. The molecule has 0 unspecified atom stereocenters. The highest BCUT2D eigenvalue weighted by Gasteiger charge is 1.86. The molecule has 6 heteroatoms. The lowest BCUT2D eigenvalue weighted by atomic mass is 10.2. The van der Waals surface area contributed by atoms with Crippen LogP contribution in [0.25, 0.3) is 0 Å². The number of hydrogen-bond acceptors (Lipinski definition) is 0. The van der Waals surface area contributed by atoms with E-state index in [0.717, 1.165) is 34.2 Å². The normalized spacial score (nSPS) is 12.4. The minimum atomic E-state index is -0.0196. The highest BCUT2D eigenvalue weighted by Crippen LogP contribution is 2.05. The number of benzene rings is 2. The molecule has 0 heterocycles. The molecule has 2 rings (SSSR count). The first kappa shape index (κ1) is 18.8. The third-order valence-electron chi connectivity index (χ3n) is 2.53. The van der Waals surface area contributed by atoms with Crippen LogP contribution in [0.1, 0.15) is 11.1 Å². The lowest BCUT2D eigenvalue weighted by Crippen LogP contribution is -2.06. The summed E-state index contributed by atoms with van der Waals surface area (Å²) in [6.45, 7) is 0. The summed E-state index contributed by atoms with van der Waals surface area (Å²) in [7, 11) is 0. The van der Waals surface area contributed by atoms with Crippen molar-refractivity contribution in [3.63, 3.8) is 0 Å². The summed E-state index contributed by atoms with van der Waals surface area (Å²) in [6, 6.07) is 19.9. The summed E-state index contributed by atoms with van der Waals surface area (Å²) in [5, 5.41) is 17.4. The summed E-state index contributed by atoms with van der Waals surface area (Å²) < 4.78 is 0. The molecule has 2 aromatic rings. The van der Waals surface area contributed by atoms with Crippen molar-refractivity contribution in [1.29, 1.82) is 0 Å². The molecule has 0 spiro atoms. The van der Waals surface area contributed by atoms with Crippen LogP contribution >= 0.6 is 22.7 Å². The second-order valence-electron chi connectivity index (χ2n) is 4.32. The van der Waals surface area contributed by atoms with Crippen LogP contribution in [0, 0.1) is 0 Å². The molecule has 0 aliphatic rings. The van der Waals surface area contributed by atoms with Crippen molar-refractivity contribution in [1.82, 2.24) is 0 Å². The summed E-state index contributed by atoms with van der Waals surface area (Å²) in [5.41, 5.74) is 12.6. The van der Waals surface area contributed by atoms with Gasteiger partial charge in [-0.05, 0) is 11.1 Å². The molecule has 0 aliphatic carbocycles. The lowest BCUT2D eigenvalue weighted by molar-refractivity contribution is 0.559. The van der Waals surface area contributed by atoms with Gasteiger partial charge in [-0.15, -0.1) is 0 Å². The van der Waals surface area contributed by atoms with Crippen molar-refractivity contribution in [2.45, 2.75) is 11.5 Å². The number of rotatable bonds is 4. The van der Waals surface area contributed by atoms with Gasteiger partial charge in [0.05, 0.1) is 0 Å². The molecule has 0 atom stereocenters. The summed E-state index contributed by atoms with van der Waals surface area (Å²) >= 11 is 1.55. The number of hydrogen-bond donors (Lipinski definition) is 6. The quantitative estimate of drug-likeness (QED) is 0.382. The highest BCUT2D eigenvalue weighted by atomic mass is 32.1. The Labute approximate surface area is 138 Å². The molecule has 4 nitrogen and oxygen atoms in total. The van der Waals surface area contributed by atoms with E-state index in [4.69, 9.17) is 21.7 Å². The minimum Gasteiger partial charge on any atom is -0.347 e. The van der Waals surface area contributed by atoms with Gasteiger partial charge in [-0.1, -0.05) is 60.7 Å². The monoisotopic (exact) mass is 338 g/mol. The Hall–Kier alpha value is -1.28. The molecule has 0 amide bonds. The van der Waals surface area contributed by atoms with Gasteiger partial charge in [0.1, 0.15) is 10.3 Å². The third-order valence-corrected chi connectivity index (χ3v) is 4.23. The van der Waals surface area contributed by atoms with Gasteiger partial charge in [-0.3, -0.25) is 11.5 Å². The number of aliphatic hydroxyl groups is 2. The van der Waals surface area contributed by atoms with Gasteiger partial charge in [0.2, 0.25) is 0 Å². The van der Waals surface area contributed by atoms with Crippen molar-refractivity contribution in [2.75, 3.05) is 0 Å². The van der Waals surface area contributed by atoms with Crippen molar-refractivity contribution in [3.8, 4) is 0 Å². The molecule has 2 aromatic carbocycles. The summed E-state index contributed by atoms with van der Waals surface area (Å²) in [6.07, 6.45) is 0. The molecule has 0 aliphatic heterocycles. The Bertz CT molecular complexity index is 539. The fraction of sp³-hybridized carbons (Fsp3) is 0.125. The fourth-order valence-corrected chi connectivity index (χ4v) is 2.62. The maximum atomic E-state index is 8.70. The smallest absolute Gasteiger partial charge is 0.137 e. The van der Waals surface area contributed by atoms with E-state index in [1.807, 2.05) is 60.7 Å². The topological polar surface area (TPSA) is 92.5 Å². The molecular formula is C16H22N2O2S2. The first-order valence-corrected chi connectivity index (χ1v) is 8.79. The van der Waals surface area contributed by atoms with E-state index in [2.05, 4.69) is 0 Å². The maximum absolute atomic E-state index is 8.70. The number of aliphatic hydroxyl groups excluding tert-OH is 2. The molecular weight excluding hydrogens is 316 g/mol. The zero-order valence-electron chi connectivity index (χ0n) is 12.1. The average Bonchev–Trinajstić information content (AvgIpc) is 2.53. The van der Waals surface area contributed by atoms with Gasteiger partial charge in [0, 0.05) is 11.5 Å². The number of nitrogens with two attached hydrogens (primary N) is 2. The van der Waals surface area contributed by atoms with E-state index in [0.29, 0.717) is 0 Å². The van der Waals surface area contributed by atoms with Crippen molar-refractivity contribution in [2.24, 2.45) is 11.5 Å². The number of thiol groups is 2. The SMILES string of the molecule is NC(O)=[SH]Cc1ccccc1.NC(O)=[SH]Cc1ccccc1. The minimum absolute atomic E-state index is 0.0196. The van der Waals surface area contributed by atoms with Gasteiger partial charge in [0.25, 0.3) is 0 Å². The van der Waals surface area contributed by atoms with Crippen LogP contribution in [0.3, 0.4) is 0 Å². The van der Waals surface area contributed by atoms with Crippen LogP contribution in [-0.2, 0) is 11.5 Å². The average molecular weight is 338 g/mol. The molecule has 0 aromatic heterocycles. The standard InChI is InChI=1S/2C8H11NOS/c2*9-8(10)11-6-7-4-2-1-3-5-7/h2*1-5,10-11H,6,9H2. The van der Waals surface area contributed by atoms with E-state index in [1.54, 1.807) is 0 Å². The molecule has 0 fully saturated rings. The molecule has 6 N–H and O–H groups in total. The predicted molar refractivity (Wildman–Crippen MR) is 102 cm³/mol. The second kappa shape index (κ2) is 11.3. The van der Waals surface area contributed by atoms with Gasteiger partial charge in [0.15, 0.2) is 0 Å². The zero-order chi connectivity index (χ0) is 16.2. The van der Waals surface area contributed by atoms with Crippen molar-refractivity contribution in [3.05, 3.63) is 71.8 Å². The van der Waals surface area contributed by atoms with E-state index in [1.165, 1.54) is 11.1 Å². The fourth-order valence-electron chi connectivity index (χ4n) is 1.51. The van der Waals surface area contributed by atoms with Gasteiger partial charge in [-0.25, -0.2) is 0 Å². The van der Waals surface area contributed by atoms with Crippen LogP contribution in [0.4, 0.5) is 0 Å². The summed E-state index contributed by atoms with van der Waals surface area (Å²) in [4.78, 5) is 0. The van der Waals surface area contributed by atoms with E-state index < -0.39 is 0 Å².